The summed E-state index contributed by atoms with van der Waals surface area (Å²) in [4.78, 5) is 14.3. The Bertz CT molecular complexity index is 813. The quantitative estimate of drug-likeness (QED) is 0.591. The Kier molecular flexibility index (Phi) is 9.65. The van der Waals surface area contributed by atoms with Crippen molar-refractivity contribution in [1.29, 1.82) is 0 Å². The van der Waals surface area contributed by atoms with Gasteiger partial charge in [0, 0.05) is 36.9 Å². The molecule has 1 saturated heterocycles. The van der Waals surface area contributed by atoms with Gasteiger partial charge >= 0.3 is 0 Å². The summed E-state index contributed by atoms with van der Waals surface area (Å²) in [5.41, 5.74) is 6.12. The predicted octanol–water partition coefficient (Wildman–Crippen LogP) is 3.62. The molecule has 160 valence electrons. The van der Waals surface area contributed by atoms with E-state index in [1.54, 1.807) is 12.1 Å². The Labute approximate surface area is 187 Å². The zero-order valence-corrected chi connectivity index (χ0v) is 18.1. The highest BCUT2D eigenvalue weighted by Gasteiger charge is 2.33. The molecule has 0 unspecified atom stereocenters. The molecule has 9 heteroatoms. The Hall–Kier alpha value is -1.57. The SMILES string of the molecule is Cl.Cl.Nc1cc(F)ccc1C(=O)NCCN1CCC(O)(c2ccc(Cl)cc2)CC1. The smallest absolute Gasteiger partial charge is 0.253 e. The van der Waals surface area contributed by atoms with Crippen molar-refractivity contribution in [3.05, 3.63) is 64.4 Å². The van der Waals surface area contributed by atoms with E-state index in [0.29, 0.717) is 31.0 Å². The third-order valence-corrected chi connectivity index (χ3v) is 5.29. The molecule has 0 aromatic heterocycles. The average molecular weight is 465 g/mol. The second kappa shape index (κ2) is 11.0. The first-order valence-corrected chi connectivity index (χ1v) is 9.29. The third-order valence-electron chi connectivity index (χ3n) is 5.04. The van der Waals surface area contributed by atoms with Gasteiger partial charge in [0.1, 0.15) is 5.82 Å². The largest absolute Gasteiger partial charge is 0.398 e. The fraction of sp³-hybridized carbons (Fsp3) is 0.350. The van der Waals surface area contributed by atoms with Crippen LogP contribution in [-0.2, 0) is 5.60 Å². The highest BCUT2D eigenvalue weighted by Crippen LogP contribution is 2.33. The lowest BCUT2D eigenvalue weighted by Crippen LogP contribution is -2.45. The number of carbonyl (C=O) groups is 1. The van der Waals surface area contributed by atoms with E-state index in [-0.39, 0.29) is 42.0 Å². The second-order valence-corrected chi connectivity index (χ2v) is 7.30. The minimum Gasteiger partial charge on any atom is -0.398 e. The minimum absolute atomic E-state index is 0. The van der Waals surface area contributed by atoms with Gasteiger partial charge in [0.15, 0.2) is 0 Å². The molecule has 0 spiro atoms. The topological polar surface area (TPSA) is 78.6 Å². The number of nitrogens with one attached hydrogen (secondary N) is 1. The number of rotatable bonds is 5. The van der Waals surface area contributed by atoms with Crippen molar-refractivity contribution >= 4 is 48.0 Å². The van der Waals surface area contributed by atoms with E-state index < -0.39 is 11.4 Å². The summed E-state index contributed by atoms with van der Waals surface area (Å²) in [6, 6.07) is 11.0. The van der Waals surface area contributed by atoms with E-state index in [2.05, 4.69) is 10.2 Å². The lowest BCUT2D eigenvalue weighted by Gasteiger charge is -2.38. The fourth-order valence-electron chi connectivity index (χ4n) is 3.36. The number of amides is 1. The van der Waals surface area contributed by atoms with Crippen LogP contribution in [0.1, 0.15) is 28.8 Å². The molecule has 4 N–H and O–H groups in total. The van der Waals surface area contributed by atoms with Crippen LogP contribution >= 0.6 is 36.4 Å². The van der Waals surface area contributed by atoms with Gasteiger partial charge in [-0.3, -0.25) is 4.79 Å². The number of aliphatic hydroxyl groups is 1. The molecule has 1 aliphatic heterocycles. The summed E-state index contributed by atoms with van der Waals surface area (Å²) in [6.45, 7) is 2.58. The van der Waals surface area contributed by atoms with Crippen molar-refractivity contribution < 1.29 is 14.3 Å². The van der Waals surface area contributed by atoms with E-state index in [4.69, 9.17) is 17.3 Å². The van der Waals surface area contributed by atoms with Gasteiger partial charge in [0.05, 0.1) is 11.2 Å². The number of nitrogens with two attached hydrogens (primary N) is 1. The highest BCUT2D eigenvalue weighted by atomic mass is 35.5. The zero-order valence-electron chi connectivity index (χ0n) is 15.7. The van der Waals surface area contributed by atoms with Crippen LogP contribution in [-0.4, -0.2) is 42.1 Å². The summed E-state index contributed by atoms with van der Waals surface area (Å²) in [6.07, 6.45) is 1.24. The number of benzene rings is 2. The first kappa shape index (κ1) is 25.5. The van der Waals surface area contributed by atoms with Crippen LogP contribution in [0.25, 0.3) is 0 Å². The number of hydrogen-bond donors (Lipinski definition) is 3. The molecule has 0 bridgehead atoms. The molecule has 1 heterocycles. The third kappa shape index (κ3) is 6.46. The van der Waals surface area contributed by atoms with Crippen molar-refractivity contribution in [3.8, 4) is 0 Å². The molecule has 0 atom stereocenters. The Morgan fingerprint density at radius 2 is 1.79 bits per heavy atom. The number of likely N-dealkylation sites (tertiary alicyclic amines) is 1. The van der Waals surface area contributed by atoms with Gasteiger partial charge in [-0.05, 0) is 48.7 Å². The van der Waals surface area contributed by atoms with Crippen molar-refractivity contribution in [2.24, 2.45) is 0 Å². The monoisotopic (exact) mass is 463 g/mol. The van der Waals surface area contributed by atoms with E-state index in [1.165, 1.54) is 12.1 Å². The summed E-state index contributed by atoms with van der Waals surface area (Å²) < 4.78 is 13.1. The Morgan fingerprint density at radius 1 is 1.17 bits per heavy atom. The zero-order chi connectivity index (χ0) is 19.4. The van der Waals surface area contributed by atoms with Crippen molar-refractivity contribution in [3.63, 3.8) is 0 Å². The summed E-state index contributed by atoms with van der Waals surface area (Å²) in [5.74, 6) is -0.785. The fourth-order valence-corrected chi connectivity index (χ4v) is 3.48. The molecule has 5 nitrogen and oxygen atoms in total. The maximum absolute atomic E-state index is 13.1. The van der Waals surface area contributed by atoms with Crippen LogP contribution in [0.3, 0.4) is 0 Å². The molecule has 0 saturated carbocycles. The lowest BCUT2D eigenvalue weighted by atomic mass is 9.84. The van der Waals surface area contributed by atoms with Gasteiger partial charge < -0.3 is 21.1 Å². The summed E-state index contributed by atoms with van der Waals surface area (Å²) >= 11 is 5.91. The number of halogens is 4. The van der Waals surface area contributed by atoms with Crippen molar-refractivity contribution in [2.45, 2.75) is 18.4 Å². The number of piperidine rings is 1. The molecule has 2 aromatic rings. The first-order chi connectivity index (χ1) is 12.9. The molecule has 1 amide bonds. The normalized spacial score (nSPS) is 15.7. The number of anilines is 1. The van der Waals surface area contributed by atoms with Crippen LogP contribution in [0.5, 0.6) is 0 Å². The van der Waals surface area contributed by atoms with Gasteiger partial charge in [-0.15, -0.1) is 24.8 Å². The molecule has 0 radical (unpaired) electrons. The van der Waals surface area contributed by atoms with Gasteiger partial charge in [0.25, 0.3) is 5.91 Å². The van der Waals surface area contributed by atoms with Gasteiger partial charge in [-0.25, -0.2) is 4.39 Å². The maximum atomic E-state index is 13.1. The highest BCUT2D eigenvalue weighted by molar-refractivity contribution is 6.30. The molecular formula is C20H25Cl3FN3O2. The minimum atomic E-state index is -0.840. The van der Waals surface area contributed by atoms with Crippen molar-refractivity contribution in [2.75, 3.05) is 31.9 Å². The van der Waals surface area contributed by atoms with Gasteiger partial charge in [-0.2, -0.15) is 0 Å². The number of nitrogens with zero attached hydrogens (tertiary/aromatic N) is 1. The van der Waals surface area contributed by atoms with E-state index in [9.17, 15) is 14.3 Å². The van der Waals surface area contributed by atoms with Crippen LogP contribution in [0.15, 0.2) is 42.5 Å². The Balaban J connectivity index is 0.00000210. The van der Waals surface area contributed by atoms with E-state index in [1.807, 2.05) is 12.1 Å². The standard InChI is InChI=1S/C20H23ClFN3O2.2ClH/c21-15-3-1-14(2-4-15)20(27)7-10-25(11-8-20)12-9-24-19(26)17-6-5-16(22)13-18(17)23;;/h1-6,13,27H,7-12,23H2,(H,24,26);2*1H. The number of hydrogen-bond acceptors (Lipinski definition) is 4. The van der Waals surface area contributed by atoms with Crippen molar-refractivity contribution in [1.82, 2.24) is 10.2 Å². The van der Waals surface area contributed by atoms with E-state index in [0.717, 1.165) is 24.7 Å². The Morgan fingerprint density at radius 3 is 2.38 bits per heavy atom. The molecule has 2 aromatic carbocycles. The van der Waals surface area contributed by atoms with Crippen LogP contribution in [0.4, 0.5) is 10.1 Å². The van der Waals surface area contributed by atoms with Crippen LogP contribution < -0.4 is 11.1 Å². The first-order valence-electron chi connectivity index (χ1n) is 8.91. The molecule has 3 rings (SSSR count). The maximum Gasteiger partial charge on any atom is 0.253 e. The van der Waals surface area contributed by atoms with Crippen LogP contribution in [0.2, 0.25) is 5.02 Å². The summed E-state index contributed by atoms with van der Waals surface area (Å²) in [5, 5.41) is 14.3. The summed E-state index contributed by atoms with van der Waals surface area (Å²) in [7, 11) is 0. The molecular weight excluding hydrogens is 440 g/mol. The van der Waals surface area contributed by atoms with Crippen LogP contribution in [0, 0.1) is 5.82 Å². The van der Waals surface area contributed by atoms with Gasteiger partial charge in [0.2, 0.25) is 0 Å². The van der Waals surface area contributed by atoms with E-state index >= 15 is 0 Å². The average Bonchev–Trinajstić information content (AvgIpc) is 2.64. The lowest BCUT2D eigenvalue weighted by molar-refractivity contribution is -0.0255. The molecule has 0 aliphatic carbocycles. The molecule has 29 heavy (non-hydrogen) atoms. The number of nitrogen functional groups attached to an aromatic ring is 1. The second-order valence-electron chi connectivity index (χ2n) is 6.87. The molecule has 1 fully saturated rings. The predicted molar refractivity (Wildman–Crippen MR) is 119 cm³/mol. The molecule has 1 aliphatic rings. The van der Waals surface area contributed by atoms with Gasteiger partial charge in [-0.1, -0.05) is 23.7 Å². The number of carbonyl (C=O) groups excluding carboxylic acids is 1.